The van der Waals surface area contributed by atoms with Crippen LogP contribution in [0.3, 0.4) is 0 Å². The zero-order chi connectivity index (χ0) is 9.97. The third-order valence-electron chi connectivity index (χ3n) is 2.45. The fraction of sp³-hybridized carbons (Fsp3) is 0.455. The van der Waals surface area contributed by atoms with Crippen LogP contribution in [-0.4, -0.2) is 19.2 Å². The number of hydrogen-bond donors (Lipinski definition) is 1. The fourth-order valence-electron chi connectivity index (χ4n) is 1.61. The number of aryl methyl sites for hydroxylation is 1. The largest absolute Gasteiger partial charge is 0.489 e. The van der Waals surface area contributed by atoms with Crippen molar-refractivity contribution in [1.82, 2.24) is 5.32 Å². The molecule has 1 saturated heterocycles. The summed E-state index contributed by atoms with van der Waals surface area (Å²) in [5.74, 6) is 0.972. The van der Waals surface area contributed by atoms with Gasteiger partial charge < -0.3 is 10.1 Å². The highest BCUT2D eigenvalue weighted by Gasteiger charge is 2.15. The van der Waals surface area contributed by atoms with Crippen molar-refractivity contribution in [1.29, 1.82) is 0 Å². The van der Waals surface area contributed by atoms with Gasteiger partial charge in [0.2, 0.25) is 0 Å². The zero-order valence-electron chi connectivity index (χ0n) is 8.63. The first kappa shape index (κ1) is 12.8. The Bertz CT molecular complexity index is 326. The Labute approximate surface area is 105 Å². The van der Waals surface area contributed by atoms with Crippen molar-refractivity contribution in [2.75, 3.05) is 13.1 Å². The Hall–Kier alpha value is -0.250. The monoisotopic (exact) mass is 291 g/mol. The van der Waals surface area contributed by atoms with Crippen LogP contribution in [0.4, 0.5) is 0 Å². The van der Waals surface area contributed by atoms with Crippen molar-refractivity contribution in [3.63, 3.8) is 0 Å². The lowest BCUT2D eigenvalue weighted by molar-refractivity contribution is 0.223. The third-order valence-corrected chi connectivity index (χ3v) is 3.34. The van der Waals surface area contributed by atoms with E-state index >= 15 is 0 Å². The molecule has 1 unspecified atom stereocenters. The normalized spacial score (nSPS) is 19.7. The van der Waals surface area contributed by atoms with E-state index in [1.54, 1.807) is 0 Å². The number of nitrogens with one attached hydrogen (secondary N) is 1. The lowest BCUT2D eigenvalue weighted by atomic mass is 10.2. The number of benzene rings is 1. The zero-order valence-corrected chi connectivity index (χ0v) is 11.0. The summed E-state index contributed by atoms with van der Waals surface area (Å²) in [6.45, 7) is 4.11. The van der Waals surface area contributed by atoms with Crippen LogP contribution < -0.4 is 10.1 Å². The molecule has 84 valence electrons. The molecule has 0 saturated carbocycles. The summed E-state index contributed by atoms with van der Waals surface area (Å²) >= 11 is 3.47. The summed E-state index contributed by atoms with van der Waals surface area (Å²) < 4.78 is 6.96. The summed E-state index contributed by atoms with van der Waals surface area (Å²) in [7, 11) is 0. The molecule has 1 N–H and O–H groups in total. The fourth-order valence-corrected chi connectivity index (χ4v) is 1.86. The maximum atomic E-state index is 5.83. The van der Waals surface area contributed by atoms with Crippen molar-refractivity contribution >= 4 is 28.3 Å². The Morgan fingerprint density at radius 3 is 2.87 bits per heavy atom. The van der Waals surface area contributed by atoms with Gasteiger partial charge in [-0.1, -0.05) is 15.9 Å². The van der Waals surface area contributed by atoms with E-state index in [2.05, 4.69) is 34.2 Å². The number of ether oxygens (including phenoxy) is 1. The van der Waals surface area contributed by atoms with Crippen LogP contribution in [0.25, 0.3) is 0 Å². The predicted molar refractivity (Wildman–Crippen MR) is 68.0 cm³/mol. The highest BCUT2D eigenvalue weighted by molar-refractivity contribution is 9.10. The topological polar surface area (TPSA) is 21.3 Å². The smallest absolute Gasteiger partial charge is 0.120 e. The van der Waals surface area contributed by atoms with E-state index in [4.69, 9.17) is 4.74 Å². The maximum absolute atomic E-state index is 5.83. The molecular formula is C11H15BrClNO. The van der Waals surface area contributed by atoms with Gasteiger partial charge in [0.1, 0.15) is 11.9 Å². The lowest BCUT2D eigenvalue weighted by Gasteiger charge is -2.13. The van der Waals surface area contributed by atoms with Crippen LogP contribution in [0.15, 0.2) is 22.7 Å². The quantitative estimate of drug-likeness (QED) is 0.905. The second-order valence-electron chi connectivity index (χ2n) is 3.64. The van der Waals surface area contributed by atoms with Gasteiger partial charge in [-0.3, -0.25) is 0 Å². The number of halogens is 2. The molecule has 1 aromatic carbocycles. The van der Waals surface area contributed by atoms with Crippen molar-refractivity contribution in [2.45, 2.75) is 19.4 Å². The SMILES string of the molecule is Cc1cc(OC2CCNC2)ccc1Br.Cl. The van der Waals surface area contributed by atoms with Gasteiger partial charge in [0, 0.05) is 11.0 Å². The van der Waals surface area contributed by atoms with E-state index in [0.29, 0.717) is 6.10 Å². The molecule has 0 amide bonds. The molecule has 1 fully saturated rings. The first-order chi connectivity index (χ1) is 6.75. The summed E-state index contributed by atoms with van der Waals surface area (Å²) in [6, 6.07) is 6.12. The second kappa shape index (κ2) is 5.73. The first-order valence-corrected chi connectivity index (χ1v) is 5.68. The van der Waals surface area contributed by atoms with E-state index in [1.807, 2.05) is 12.1 Å². The van der Waals surface area contributed by atoms with Crippen molar-refractivity contribution < 1.29 is 4.74 Å². The molecule has 0 aromatic heterocycles. The van der Waals surface area contributed by atoms with E-state index in [-0.39, 0.29) is 12.4 Å². The summed E-state index contributed by atoms with van der Waals surface area (Å²) in [5.41, 5.74) is 1.22. The van der Waals surface area contributed by atoms with Gasteiger partial charge in [-0.05, 0) is 43.7 Å². The van der Waals surface area contributed by atoms with Gasteiger partial charge >= 0.3 is 0 Å². The van der Waals surface area contributed by atoms with Crippen molar-refractivity contribution in [2.24, 2.45) is 0 Å². The van der Waals surface area contributed by atoms with Crippen LogP contribution in [0.5, 0.6) is 5.75 Å². The van der Waals surface area contributed by atoms with Gasteiger partial charge in [-0.25, -0.2) is 0 Å². The Balaban J connectivity index is 0.00000112. The van der Waals surface area contributed by atoms with Gasteiger partial charge in [-0.2, -0.15) is 0 Å². The molecule has 0 aliphatic carbocycles. The average molecular weight is 293 g/mol. The van der Waals surface area contributed by atoms with Crippen molar-refractivity contribution in [3.8, 4) is 5.75 Å². The predicted octanol–water partition coefficient (Wildman–Crippen LogP) is 2.92. The van der Waals surface area contributed by atoms with Crippen LogP contribution in [0.1, 0.15) is 12.0 Å². The molecule has 1 aromatic rings. The molecular weight excluding hydrogens is 277 g/mol. The maximum Gasteiger partial charge on any atom is 0.120 e. The summed E-state index contributed by atoms with van der Waals surface area (Å²) in [5, 5.41) is 3.28. The van der Waals surface area contributed by atoms with Crippen LogP contribution in [-0.2, 0) is 0 Å². The minimum atomic E-state index is 0. The van der Waals surface area contributed by atoms with Crippen LogP contribution >= 0.6 is 28.3 Å². The Morgan fingerprint density at radius 2 is 2.27 bits per heavy atom. The molecule has 2 rings (SSSR count). The molecule has 2 nitrogen and oxygen atoms in total. The molecule has 4 heteroatoms. The third kappa shape index (κ3) is 3.37. The van der Waals surface area contributed by atoms with Crippen molar-refractivity contribution in [3.05, 3.63) is 28.2 Å². The summed E-state index contributed by atoms with van der Waals surface area (Å²) in [6.07, 6.45) is 1.45. The molecule has 1 aliphatic rings. The molecule has 15 heavy (non-hydrogen) atoms. The van der Waals surface area contributed by atoms with E-state index in [9.17, 15) is 0 Å². The Morgan fingerprint density at radius 1 is 1.47 bits per heavy atom. The van der Waals surface area contributed by atoms with Crippen LogP contribution in [0.2, 0.25) is 0 Å². The van der Waals surface area contributed by atoms with Crippen LogP contribution in [0, 0.1) is 6.92 Å². The molecule has 0 spiro atoms. The van der Waals surface area contributed by atoms with E-state index < -0.39 is 0 Å². The highest BCUT2D eigenvalue weighted by Crippen LogP contribution is 2.23. The van der Waals surface area contributed by atoms with Gasteiger partial charge in [-0.15, -0.1) is 12.4 Å². The highest BCUT2D eigenvalue weighted by atomic mass is 79.9. The molecule has 0 bridgehead atoms. The number of rotatable bonds is 2. The minimum absolute atomic E-state index is 0. The molecule has 1 atom stereocenters. The van der Waals surface area contributed by atoms with Gasteiger partial charge in [0.05, 0.1) is 0 Å². The molecule has 1 aliphatic heterocycles. The average Bonchev–Trinajstić information content (AvgIpc) is 2.64. The lowest BCUT2D eigenvalue weighted by Crippen LogP contribution is -2.19. The minimum Gasteiger partial charge on any atom is -0.489 e. The van der Waals surface area contributed by atoms with Gasteiger partial charge in [0.25, 0.3) is 0 Å². The Kier molecular flexibility index (Phi) is 4.90. The van der Waals surface area contributed by atoms with E-state index in [1.165, 1.54) is 5.56 Å². The first-order valence-electron chi connectivity index (χ1n) is 4.89. The van der Waals surface area contributed by atoms with E-state index in [0.717, 1.165) is 29.7 Å². The van der Waals surface area contributed by atoms with Gasteiger partial charge in [0.15, 0.2) is 0 Å². The molecule has 0 radical (unpaired) electrons. The standard InChI is InChI=1S/C11H14BrNO.ClH/c1-8-6-9(2-3-11(8)12)14-10-4-5-13-7-10;/h2-3,6,10,13H,4-5,7H2,1H3;1H. The number of hydrogen-bond acceptors (Lipinski definition) is 2. The molecule has 1 heterocycles. The second-order valence-corrected chi connectivity index (χ2v) is 4.50. The summed E-state index contributed by atoms with van der Waals surface area (Å²) in [4.78, 5) is 0.